The molecule has 0 aromatic heterocycles. The van der Waals surface area contributed by atoms with Crippen molar-refractivity contribution in [2.75, 3.05) is 32.8 Å². The number of alkyl halides is 2. The maximum atomic E-state index is 12.2. The number of nitrogens with one attached hydrogen (secondary N) is 2. The number of urea groups is 1. The lowest BCUT2D eigenvalue weighted by molar-refractivity contribution is -0.121. The summed E-state index contributed by atoms with van der Waals surface area (Å²) < 4.78 is 24.4. The smallest absolute Gasteiger partial charge is 0.321 e. The van der Waals surface area contributed by atoms with Crippen LogP contribution in [-0.4, -0.2) is 61.2 Å². The number of aliphatic hydroxyl groups excluding tert-OH is 1. The van der Waals surface area contributed by atoms with Gasteiger partial charge in [0.25, 0.3) is 6.43 Å². The highest BCUT2D eigenvalue weighted by molar-refractivity contribution is 5.95. The second kappa shape index (κ2) is 10.6. The Morgan fingerprint density at radius 2 is 2.05 bits per heavy atom. The number of hydrogen-bond acceptors (Lipinski definition) is 4. The highest BCUT2D eigenvalue weighted by Gasteiger charge is 2.16. The molecule has 0 aliphatic heterocycles. The van der Waals surface area contributed by atoms with Crippen LogP contribution in [-0.2, 0) is 4.79 Å². The molecular weight excluding hydrogens is 260 g/mol. The van der Waals surface area contributed by atoms with Crippen LogP contribution >= 0.6 is 0 Å². The topological polar surface area (TPSA) is 81.7 Å². The van der Waals surface area contributed by atoms with Crippen LogP contribution in [0, 0.1) is 0 Å². The SMILES string of the molecule is CCCCNC(=O)NC(=O)CN(CCO)CC(F)F. The van der Waals surface area contributed by atoms with E-state index in [1.807, 2.05) is 12.2 Å². The molecule has 3 N–H and O–H groups in total. The van der Waals surface area contributed by atoms with E-state index in [0.717, 1.165) is 17.7 Å². The van der Waals surface area contributed by atoms with Crippen molar-refractivity contribution >= 4 is 11.9 Å². The minimum absolute atomic E-state index is 0.0464. The molecule has 0 heterocycles. The van der Waals surface area contributed by atoms with Gasteiger partial charge in [0.2, 0.25) is 5.91 Å². The van der Waals surface area contributed by atoms with Crippen molar-refractivity contribution in [2.24, 2.45) is 0 Å². The van der Waals surface area contributed by atoms with Crippen LogP contribution in [0.3, 0.4) is 0 Å². The summed E-state index contributed by atoms with van der Waals surface area (Å²) in [5.74, 6) is -0.678. The van der Waals surface area contributed by atoms with Gasteiger partial charge in [0.1, 0.15) is 0 Å². The van der Waals surface area contributed by atoms with E-state index in [0.29, 0.717) is 6.54 Å². The van der Waals surface area contributed by atoms with E-state index in [9.17, 15) is 18.4 Å². The Kier molecular flexibility index (Phi) is 9.91. The molecule has 3 amide bonds. The molecule has 0 aliphatic rings. The van der Waals surface area contributed by atoms with Crippen molar-refractivity contribution in [1.82, 2.24) is 15.5 Å². The predicted molar refractivity (Wildman–Crippen MR) is 66.0 cm³/mol. The van der Waals surface area contributed by atoms with Gasteiger partial charge in [-0.15, -0.1) is 0 Å². The van der Waals surface area contributed by atoms with E-state index >= 15 is 0 Å². The number of rotatable bonds is 9. The van der Waals surface area contributed by atoms with Gasteiger partial charge >= 0.3 is 6.03 Å². The average Bonchev–Trinajstić information content (AvgIpc) is 2.28. The normalized spacial score (nSPS) is 10.8. The molecule has 0 fully saturated rings. The number of amides is 3. The molecule has 0 radical (unpaired) electrons. The molecule has 0 spiro atoms. The zero-order valence-electron chi connectivity index (χ0n) is 11.0. The summed E-state index contributed by atoms with van der Waals surface area (Å²) in [4.78, 5) is 23.7. The minimum atomic E-state index is -2.60. The van der Waals surface area contributed by atoms with Gasteiger partial charge < -0.3 is 10.4 Å². The van der Waals surface area contributed by atoms with Gasteiger partial charge in [-0.1, -0.05) is 13.3 Å². The van der Waals surface area contributed by atoms with Crippen molar-refractivity contribution < 1.29 is 23.5 Å². The number of unbranched alkanes of at least 4 members (excludes halogenated alkanes) is 1. The Hall–Kier alpha value is -1.28. The second-order valence-corrected chi connectivity index (χ2v) is 4.01. The van der Waals surface area contributed by atoms with Gasteiger partial charge in [0.05, 0.1) is 19.7 Å². The molecule has 0 saturated heterocycles. The van der Waals surface area contributed by atoms with E-state index in [1.165, 1.54) is 0 Å². The van der Waals surface area contributed by atoms with Gasteiger partial charge in [-0.25, -0.2) is 13.6 Å². The molecule has 0 rings (SSSR count). The number of carbonyl (C=O) groups excluding carboxylic acids is 2. The molecule has 0 aromatic carbocycles. The quantitative estimate of drug-likeness (QED) is 0.526. The number of imide groups is 1. The number of hydrogen-bond donors (Lipinski definition) is 3. The number of aliphatic hydroxyl groups is 1. The Labute approximate surface area is 111 Å². The first-order valence-corrected chi connectivity index (χ1v) is 6.18. The van der Waals surface area contributed by atoms with Crippen molar-refractivity contribution in [3.8, 4) is 0 Å². The van der Waals surface area contributed by atoms with E-state index in [-0.39, 0.29) is 19.7 Å². The lowest BCUT2D eigenvalue weighted by Crippen LogP contribution is -2.46. The lowest BCUT2D eigenvalue weighted by Gasteiger charge is -2.19. The van der Waals surface area contributed by atoms with Crippen LogP contribution in [0.15, 0.2) is 0 Å². The van der Waals surface area contributed by atoms with E-state index in [4.69, 9.17) is 5.11 Å². The summed E-state index contributed by atoms with van der Waals surface area (Å²) in [6, 6.07) is -0.639. The Morgan fingerprint density at radius 3 is 2.58 bits per heavy atom. The van der Waals surface area contributed by atoms with Gasteiger partial charge in [-0.3, -0.25) is 15.0 Å². The van der Waals surface area contributed by atoms with Crippen LogP contribution in [0.1, 0.15) is 19.8 Å². The van der Waals surface area contributed by atoms with Gasteiger partial charge in [0.15, 0.2) is 0 Å². The van der Waals surface area contributed by atoms with Crippen molar-refractivity contribution in [3.63, 3.8) is 0 Å². The molecule has 0 aliphatic carbocycles. The first kappa shape index (κ1) is 17.7. The summed E-state index contributed by atoms with van der Waals surface area (Å²) in [7, 11) is 0. The van der Waals surface area contributed by atoms with Crippen LogP contribution in [0.5, 0.6) is 0 Å². The standard InChI is InChI=1S/C11H21F2N3O3/c1-2-3-4-14-11(19)15-10(18)8-16(5-6-17)7-9(12)13/h9,17H,2-8H2,1H3,(H2,14,15,18,19). The maximum absolute atomic E-state index is 12.2. The third-order valence-electron chi connectivity index (χ3n) is 2.25. The van der Waals surface area contributed by atoms with Crippen LogP contribution < -0.4 is 10.6 Å². The largest absolute Gasteiger partial charge is 0.395 e. The second-order valence-electron chi connectivity index (χ2n) is 4.01. The fraction of sp³-hybridized carbons (Fsp3) is 0.818. The fourth-order valence-corrected chi connectivity index (χ4v) is 1.36. The molecule has 0 saturated carbocycles. The molecule has 0 atom stereocenters. The van der Waals surface area contributed by atoms with Crippen LogP contribution in [0.4, 0.5) is 13.6 Å². The summed E-state index contributed by atoms with van der Waals surface area (Å²) in [6.45, 7) is 1.06. The molecule has 0 aromatic rings. The molecule has 112 valence electrons. The maximum Gasteiger partial charge on any atom is 0.321 e. The molecule has 19 heavy (non-hydrogen) atoms. The zero-order chi connectivity index (χ0) is 14.7. The zero-order valence-corrected chi connectivity index (χ0v) is 11.0. The van der Waals surface area contributed by atoms with E-state index < -0.39 is 24.9 Å². The molecule has 0 unspecified atom stereocenters. The third-order valence-corrected chi connectivity index (χ3v) is 2.25. The van der Waals surface area contributed by atoms with Gasteiger partial charge in [0, 0.05) is 13.1 Å². The average molecular weight is 281 g/mol. The monoisotopic (exact) mass is 281 g/mol. The van der Waals surface area contributed by atoms with E-state index in [2.05, 4.69) is 5.32 Å². The predicted octanol–water partition coefficient (Wildman–Crippen LogP) is 0.172. The summed E-state index contributed by atoms with van der Waals surface area (Å²) in [5, 5.41) is 13.2. The first-order chi connectivity index (χ1) is 8.99. The number of halogens is 2. The van der Waals surface area contributed by atoms with Crippen LogP contribution in [0.25, 0.3) is 0 Å². The number of nitrogens with zero attached hydrogens (tertiary/aromatic N) is 1. The fourth-order valence-electron chi connectivity index (χ4n) is 1.36. The molecule has 8 heteroatoms. The molecule has 0 bridgehead atoms. The first-order valence-electron chi connectivity index (χ1n) is 6.18. The van der Waals surface area contributed by atoms with Crippen molar-refractivity contribution in [3.05, 3.63) is 0 Å². The Bertz CT molecular complexity index is 278. The highest BCUT2D eigenvalue weighted by Crippen LogP contribution is 1.97. The van der Waals surface area contributed by atoms with Gasteiger partial charge in [-0.2, -0.15) is 0 Å². The Balaban J connectivity index is 4.00. The van der Waals surface area contributed by atoms with Crippen molar-refractivity contribution in [2.45, 2.75) is 26.2 Å². The van der Waals surface area contributed by atoms with Gasteiger partial charge in [-0.05, 0) is 6.42 Å². The molecule has 6 nitrogen and oxygen atoms in total. The molecular formula is C11H21F2N3O3. The summed E-state index contributed by atoms with van der Waals surface area (Å²) in [5.41, 5.74) is 0. The minimum Gasteiger partial charge on any atom is -0.395 e. The van der Waals surface area contributed by atoms with Crippen molar-refractivity contribution in [1.29, 1.82) is 0 Å². The van der Waals surface area contributed by atoms with E-state index in [1.54, 1.807) is 0 Å². The summed E-state index contributed by atoms with van der Waals surface area (Å²) in [6.07, 6.45) is -0.894. The third kappa shape index (κ3) is 10.3. The highest BCUT2D eigenvalue weighted by atomic mass is 19.3. The number of carbonyl (C=O) groups is 2. The summed E-state index contributed by atoms with van der Waals surface area (Å²) >= 11 is 0. The van der Waals surface area contributed by atoms with Crippen LogP contribution in [0.2, 0.25) is 0 Å². The lowest BCUT2D eigenvalue weighted by atomic mass is 10.3. The Morgan fingerprint density at radius 1 is 1.37 bits per heavy atom.